The summed E-state index contributed by atoms with van der Waals surface area (Å²) in [5, 5.41) is 9.31. The molecule has 1 heterocycles. The van der Waals surface area contributed by atoms with Crippen molar-refractivity contribution < 1.29 is 9.59 Å². The molecule has 0 aliphatic carbocycles. The minimum absolute atomic E-state index is 0.0159. The number of rotatable bonds is 6. The molecule has 0 aromatic heterocycles. The Morgan fingerprint density at radius 1 is 1.04 bits per heavy atom. The van der Waals surface area contributed by atoms with Gasteiger partial charge < -0.3 is 20.9 Å². The van der Waals surface area contributed by atoms with Crippen molar-refractivity contribution in [1.82, 2.24) is 16.0 Å². The van der Waals surface area contributed by atoms with Crippen molar-refractivity contribution in [2.75, 3.05) is 31.6 Å². The van der Waals surface area contributed by atoms with Crippen LogP contribution >= 0.6 is 0 Å². The molecule has 28 heavy (non-hydrogen) atoms. The molecule has 0 radical (unpaired) electrons. The summed E-state index contributed by atoms with van der Waals surface area (Å²) in [6.45, 7) is 1.59. The fourth-order valence-electron chi connectivity index (χ4n) is 3.10. The Morgan fingerprint density at radius 2 is 1.68 bits per heavy atom. The zero-order valence-electron chi connectivity index (χ0n) is 15.9. The highest BCUT2D eigenvalue weighted by Crippen LogP contribution is 2.20. The number of para-hydroxylation sites is 1. The van der Waals surface area contributed by atoms with E-state index in [1.807, 2.05) is 48.5 Å². The number of nitrogens with zero attached hydrogens (tertiary/aromatic N) is 2. The Bertz CT molecular complexity index is 823. The highest BCUT2D eigenvalue weighted by Gasteiger charge is 2.30. The maximum atomic E-state index is 12.3. The standard InChI is InChI=1S/C21H25N5O2/c1-22-21(24-13-12-23-20(28)16-8-4-2-5-9-16)25-17-14-19(27)26(15-17)18-10-6-3-7-11-18/h2-11,17H,12-15H2,1H3,(H,23,28)(H2,22,24,25). The lowest BCUT2D eigenvalue weighted by Crippen LogP contribution is -2.46. The predicted molar refractivity (Wildman–Crippen MR) is 110 cm³/mol. The van der Waals surface area contributed by atoms with Crippen LogP contribution in [0.15, 0.2) is 65.7 Å². The van der Waals surface area contributed by atoms with Gasteiger partial charge in [0, 0.05) is 44.4 Å². The van der Waals surface area contributed by atoms with Crippen molar-refractivity contribution in [1.29, 1.82) is 0 Å². The molecular weight excluding hydrogens is 354 g/mol. The van der Waals surface area contributed by atoms with Gasteiger partial charge in [-0.2, -0.15) is 0 Å². The van der Waals surface area contributed by atoms with E-state index >= 15 is 0 Å². The smallest absolute Gasteiger partial charge is 0.251 e. The normalized spacial score (nSPS) is 16.8. The van der Waals surface area contributed by atoms with E-state index in [0.717, 1.165) is 5.69 Å². The van der Waals surface area contributed by atoms with Gasteiger partial charge in [-0.15, -0.1) is 0 Å². The Balaban J connectivity index is 1.42. The van der Waals surface area contributed by atoms with Crippen LogP contribution in [0.25, 0.3) is 0 Å². The molecule has 2 aromatic rings. The molecule has 3 rings (SSSR count). The number of aliphatic imine (C=N–C) groups is 1. The van der Waals surface area contributed by atoms with E-state index in [2.05, 4.69) is 20.9 Å². The van der Waals surface area contributed by atoms with Crippen molar-refractivity contribution in [3.05, 3.63) is 66.2 Å². The number of carbonyl (C=O) groups is 2. The monoisotopic (exact) mass is 379 g/mol. The summed E-state index contributed by atoms with van der Waals surface area (Å²) in [4.78, 5) is 30.3. The maximum absolute atomic E-state index is 12.3. The quantitative estimate of drug-likeness (QED) is 0.402. The molecule has 0 spiro atoms. The van der Waals surface area contributed by atoms with Gasteiger partial charge in [-0.1, -0.05) is 36.4 Å². The second kappa shape index (κ2) is 9.55. The van der Waals surface area contributed by atoms with Crippen molar-refractivity contribution in [3.63, 3.8) is 0 Å². The minimum atomic E-state index is -0.106. The second-order valence-corrected chi connectivity index (χ2v) is 6.51. The van der Waals surface area contributed by atoms with Gasteiger partial charge in [-0.25, -0.2) is 0 Å². The van der Waals surface area contributed by atoms with Gasteiger partial charge in [0.1, 0.15) is 0 Å². The first-order valence-corrected chi connectivity index (χ1v) is 9.33. The van der Waals surface area contributed by atoms with Crippen molar-refractivity contribution in [2.24, 2.45) is 4.99 Å². The van der Waals surface area contributed by atoms with Crippen molar-refractivity contribution >= 4 is 23.5 Å². The molecule has 3 N–H and O–H groups in total. The van der Waals surface area contributed by atoms with Crippen molar-refractivity contribution in [3.8, 4) is 0 Å². The van der Waals surface area contributed by atoms with Crippen molar-refractivity contribution in [2.45, 2.75) is 12.5 Å². The summed E-state index contributed by atoms with van der Waals surface area (Å²) in [6.07, 6.45) is 0.417. The molecule has 1 unspecified atom stereocenters. The zero-order chi connectivity index (χ0) is 19.8. The Morgan fingerprint density at radius 3 is 2.36 bits per heavy atom. The van der Waals surface area contributed by atoms with Crippen LogP contribution in [0.1, 0.15) is 16.8 Å². The average Bonchev–Trinajstić information content (AvgIpc) is 3.11. The topological polar surface area (TPSA) is 85.8 Å². The van der Waals surface area contributed by atoms with Gasteiger partial charge >= 0.3 is 0 Å². The first kappa shape index (κ1) is 19.4. The lowest BCUT2D eigenvalue weighted by molar-refractivity contribution is -0.117. The maximum Gasteiger partial charge on any atom is 0.251 e. The van der Waals surface area contributed by atoms with Gasteiger partial charge in [0.2, 0.25) is 5.91 Å². The molecule has 146 valence electrons. The lowest BCUT2D eigenvalue weighted by Gasteiger charge is -2.19. The second-order valence-electron chi connectivity index (χ2n) is 6.51. The number of benzene rings is 2. The summed E-state index contributed by atoms with van der Waals surface area (Å²) in [5.74, 6) is 0.598. The van der Waals surface area contributed by atoms with E-state index in [1.165, 1.54) is 0 Å². The number of hydrogen-bond donors (Lipinski definition) is 3. The molecule has 1 saturated heterocycles. The summed E-state index contributed by atoms with van der Waals surface area (Å²) in [6, 6.07) is 18.7. The number of anilines is 1. The third-order valence-corrected chi connectivity index (χ3v) is 4.50. The van der Waals surface area contributed by atoms with Gasteiger partial charge in [0.05, 0.1) is 6.04 Å². The minimum Gasteiger partial charge on any atom is -0.355 e. The Labute approximate surface area is 164 Å². The first-order valence-electron chi connectivity index (χ1n) is 9.33. The van der Waals surface area contributed by atoms with Crippen LogP contribution < -0.4 is 20.9 Å². The van der Waals surface area contributed by atoms with E-state index < -0.39 is 0 Å². The molecule has 1 aliphatic rings. The lowest BCUT2D eigenvalue weighted by atomic mass is 10.2. The molecule has 0 saturated carbocycles. The highest BCUT2D eigenvalue weighted by atomic mass is 16.2. The van der Waals surface area contributed by atoms with Crippen LogP contribution in [0.5, 0.6) is 0 Å². The number of amides is 2. The zero-order valence-corrected chi connectivity index (χ0v) is 15.9. The molecular formula is C21H25N5O2. The van der Waals surface area contributed by atoms with E-state index in [0.29, 0.717) is 37.6 Å². The van der Waals surface area contributed by atoms with Crippen LogP contribution in [0.4, 0.5) is 5.69 Å². The summed E-state index contributed by atoms with van der Waals surface area (Å²) in [5.41, 5.74) is 1.54. The molecule has 2 aromatic carbocycles. The van der Waals surface area contributed by atoms with Crippen LogP contribution in [0, 0.1) is 0 Å². The highest BCUT2D eigenvalue weighted by molar-refractivity contribution is 5.97. The number of nitrogens with one attached hydrogen (secondary N) is 3. The van der Waals surface area contributed by atoms with Crippen LogP contribution in [0.3, 0.4) is 0 Å². The Hall–Kier alpha value is -3.35. The van der Waals surface area contributed by atoms with Crippen LogP contribution in [-0.4, -0.2) is 50.5 Å². The first-order chi connectivity index (χ1) is 13.7. The number of carbonyl (C=O) groups excluding carboxylic acids is 2. The van der Waals surface area contributed by atoms with E-state index in [4.69, 9.17) is 0 Å². The summed E-state index contributed by atoms with van der Waals surface area (Å²) < 4.78 is 0. The summed E-state index contributed by atoms with van der Waals surface area (Å²) >= 11 is 0. The molecule has 7 heteroatoms. The van der Waals surface area contributed by atoms with E-state index in [1.54, 1.807) is 24.1 Å². The van der Waals surface area contributed by atoms with Gasteiger partial charge in [-0.3, -0.25) is 14.6 Å². The van der Waals surface area contributed by atoms with E-state index in [9.17, 15) is 9.59 Å². The fourth-order valence-corrected chi connectivity index (χ4v) is 3.10. The van der Waals surface area contributed by atoms with Gasteiger partial charge in [-0.05, 0) is 24.3 Å². The average molecular weight is 379 g/mol. The van der Waals surface area contributed by atoms with Crippen LogP contribution in [0.2, 0.25) is 0 Å². The number of guanidine groups is 1. The molecule has 1 atom stereocenters. The number of hydrogen-bond acceptors (Lipinski definition) is 3. The van der Waals surface area contributed by atoms with Gasteiger partial charge in [0.25, 0.3) is 5.91 Å². The third-order valence-electron chi connectivity index (χ3n) is 4.50. The third kappa shape index (κ3) is 5.09. The molecule has 2 amide bonds. The van der Waals surface area contributed by atoms with Crippen LogP contribution in [-0.2, 0) is 4.79 Å². The predicted octanol–water partition coefficient (Wildman–Crippen LogP) is 1.39. The molecule has 1 fully saturated rings. The van der Waals surface area contributed by atoms with E-state index in [-0.39, 0.29) is 17.9 Å². The summed E-state index contributed by atoms with van der Waals surface area (Å²) in [7, 11) is 1.68. The van der Waals surface area contributed by atoms with Gasteiger partial charge in [0.15, 0.2) is 5.96 Å². The molecule has 1 aliphatic heterocycles. The Kier molecular flexibility index (Phi) is 6.62. The SMILES string of the molecule is CN=C(NCCNC(=O)c1ccccc1)NC1CC(=O)N(c2ccccc2)C1. The fraction of sp³-hybridized carbons (Fsp3) is 0.286. The molecule has 0 bridgehead atoms. The molecule has 7 nitrogen and oxygen atoms in total. The largest absolute Gasteiger partial charge is 0.355 e.